The first kappa shape index (κ1) is 36.0. The Morgan fingerprint density at radius 2 is 1.25 bits per heavy atom. The molecule has 0 fully saturated rings. The van der Waals surface area contributed by atoms with E-state index in [4.69, 9.17) is 8.60 Å². The summed E-state index contributed by atoms with van der Waals surface area (Å²) in [6.07, 6.45) is 0. The van der Waals surface area contributed by atoms with Crippen LogP contribution in [0.3, 0.4) is 0 Å². The van der Waals surface area contributed by atoms with E-state index in [1.165, 1.54) is 27.6 Å². The average Bonchev–Trinajstić information content (AvgIpc) is 3.94. The molecule has 3 heterocycles. The third-order valence-electron chi connectivity index (χ3n) is 10.9. The fourth-order valence-corrected chi connectivity index (χ4v) is 10.0. The smallest absolute Gasteiger partial charge is 0.454 e. The Morgan fingerprint density at radius 1 is 0.600 bits per heavy atom. The molecule has 0 unspecified atom stereocenters. The minimum Gasteiger partial charge on any atom is -0.454 e. The van der Waals surface area contributed by atoms with E-state index in [-0.39, 0.29) is 5.69 Å². The number of rotatable bonds is 7. The Kier molecular flexibility index (Phi) is 8.10. The van der Waals surface area contributed by atoms with Gasteiger partial charge in [0.1, 0.15) is 11.3 Å². The molecule has 6 nitrogen and oxygen atoms in total. The molecule has 3 aromatic heterocycles. The molecule has 0 spiro atoms. The van der Waals surface area contributed by atoms with Gasteiger partial charge in [0.05, 0.1) is 27.1 Å². The third kappa shape index (κ3) is 5.65. The number of anilines is 3. The zero-order chi connectivity index (χ0) is 40.8. The second kappa shape index (κ2) is 13.5. The minimum atomic E-state index is -6.02. The zero-order valence-corrected chi connectivity index (χ0v) is 32.9. The van der Waals surface area contributed by atoms with Crippen LogP contribution in [0.25, 0.3) is 80.7 Å². The molecule has 292 valence electrons. The van der Waals surface area contributed by atoms with E-state index in [9.17, 15) is 21.6 Å². The van der Waals surface area contributed by atoms with Crippen molar-refractivity contribution in [3.05, 3.63) is 176 Å². The first-order valence-corrected chi connectivity index (χ1v) is 21.2. The van der Waals surface area contributed by atoms with Crippen molar-refractivity contribution in [2.24, 2.45) is 0 Å². The monoisotopic (exact) mass is 830 g/mol. The van der Waals surface area contributed by atoms with Gasteiger partial charge in [-0.1, -0.05) is 109 Å². The quantitative estimate of drug-likeness (QED) is 0.118. The molecule has 11 heteroatoms. The zero-order valence-electron chi connectivity index (χ0n) is 31.2. The van der Waals surface area contributed by atoms with E-state index < -0.39 is 21.4 Å². The van der Waals surface area contributed by atoms with Crippen LogP contribution >= 0.6 is 11.3 Å². The van der Waals surface area contributed by atoms with Crippen LogP contribution in [-0.4, -0.2) is 18.5 Å². The van der Waals surface area contributed by atoms with E-state index in [0.717, 1.165) is 43.3 Å². The first-order valence-electron chi connectivity index (χ1n) is 19.0. The second-order valence-corrected chi connectivity index (χ2v) is 17.0. The highest BCUT2D eigenvalue weighted by Crippen LogP contribution is 2.47. The maximum Gasteiger partial charge on any atom is 0.534 e. The summed E-state index contributed by atoms with van der Waals surface area (Å²) in [5, 5.41) is 5.43. The van der Waals surface area contributed by atoms with Crippen molar-refractivity contribution >= 4 is 102 Å². The summed E-state index contributed by atoms with van der Waals surface area (Å²) in [7, 11) is -6.02. The van der Waals surface area contributed by atoms with Crippen LogP contribution in [0.1, 0.15) is 0 Å². The predicted molar refractivity (Wildman–Crippen MR) is 237 cm³/mol. The van der Waals surface area contributed by atoms with Gasteiger partial charge in [-0.15, -0.1) is 11.3 Å². The molecule has 0 saturated carbocycles. The number of benzene rings is 8. The van der Waals surface area contributed by atoms with E-state index in [1.54, 1.807) is 16.2 Å². The fourth-order valence-electron chi connectivity index (χ4n) is 8.38. The molecule has 0 aliphatic carbocycles. The van der Waals surface area contributed by atoms with Gasteiger partial charge in [-0.2, -0.15) is 21.6 Å². The highest BCUT2D eigenvalue weighted by molar-refractivity contribution is 7.88. The van der Waals surface area contributed by atoms with E-state index in [0.29, 0.717) is 33.3 Å². The number of thiophene rings is 1. The van der Waals surface area contributed by atoms with Crippen molar-refractivity contribution in [3.63, 3.8) is 0 Å². The molecule has 0 saturated heterocycles. The van der Waals surface area contributed by atoms with E-state index >= 15 is 0 Å². The van der Waals surface area contributed by atoms with Crippen LogP contribution in [0.15, 0.2) is 180 Å². The Morgan fingerprint density at radius 3 is 2.00 bits per heavy atom. The number of para-hydroxylation sites is 4. The van der Waals surface area contributed by atoms with Gasteiger partial charge in [0, 0.05) is 60.0 Å². The molecule has 11 rings (SSSR count). The standard InChI is InChI=1S/C49H29F3N2O4S2/c50-49(51,52)60(55,56)58-33-28-40-39-27-30(25-26-44(39)57-47(40)43(29-33)53(31-13-3-1-4-14-31)32-15-5-2-6-16-32)34-19-11-20-37-35-17-7-9-22-41(35)54(46(34)37)42-23-12-21-38-36-18-8-10-24-45(36)59-48(38)42/h1-29H. The number of halogens is 3. The van der Waals surface area contributed by atoms with Crippen molar-refractivity contribution in [1.29, 1.82) is 0 Å². The first-order chi connectivity index (χ1) is 29.1. The summed E-state index contributed by atoms with van der Waals surface area (Å²) < 4.78 is 82.6. The lowest BCUT2D eigenvalue weighted by Gasteiger charge is -2.26. The molecule has 8 aromatic carbocycles. The lowest BCUT2D eigenvalue weighted by Crippen LogP contribution is -2.28. The maximum atomic E-state index is 13.8. The van der Waals surface area contributed by atoms with E-state index in [2.05, 4.69) is 71.3 Å². The topological polar surface area (TPSA) is 64.7 Å². The number of nitrogens with zero attached hydrogens (tertiary/aromatic N) is 2. The van der Waals surface area contributed by atoms with Crippen LogP contribution in [-0.2, 0) is 10.1 Å². The minimum absolute atomic E-state index is 0.286. The normalized spacial score (nSPS) is 12.4. The van der Waals surface area contributed by atoms with Crippen molar-refractivity contribution in [1.82, 2.24) is 4.57 Å². The molecule has 0 amide bonds. The molecule has 0 aliphatic rings. The average molecular weight is 831 g/mol. The number of alkyl halides is 3. The largest absolute Gasteiger partial charge is 0.534 e. The number of hydrogen-bond acceptors (Lipinski definition) is 6. The number of fused-ring (bicyclic) bond motifs is 9. The van der Waals surface area contributed by atoms with Crippen molar-refractivity contribution in [2.75, 3.05) is 4.90 Å². The van der Waals surface area contributed by atoms with Crippen LogP contribution in [0, 0.1) is 0 Å². The van der Waals surface area contributed by atoms with Crippen LogP contribution in [0.5, 0.6) is 5.75 Å². The van der Waals surface area contributed by atoms with Gasteiger partial charge >= 0.3 is 15.6 Å². The predicted octanol–water partition coefficient (Wildman–Crippen LogP) is 14.4. The van der Waals surface area contributed by atoms with Crippen molar-refractivity contribution < 1.29 is 30.2 Å². The maximum absolute atomic E-state index is 13.8. The van der Waals surface area contributed by atoms with E-state index in [1.807, 2.05) is 97.1 Å². The SMILES string of the molecule is O=S(=O)(Oc1cc(N(c2ccccc2)c2ccccc2)c2oc3ccc(-c4cccc5c6ccccc6n(-c6cccc7c6sc6ccccc67)c45)cc3c2c1)C(F)(F)F. The van der Waals surface area contributed by atoms with Gasteiger partial charge < -0.3 is 18.1 Å². The summed E-state index contributed by atoms with van der Waals surface area (Å²) in [4.78, 5) is 1.80. The Balaban J connectivity index is 1.18. The summed E-state index contributed by atoms with van der Waals surface area (Å²) in [5.41, 5.74) is 1.55. The molecule has 11 aromatic rings. The Hall–Kier alpha value is -7.08. The molecule has 0 N–H and O–H groups in total. The highest BCUT2D eigenvalue weighted by Gasteiger charge is 2.48. The number of aromatic nitrogens is 1. The second-order valence-electron chi connectivity index (χ2n) is 14.4. The molecule has 0 atom stereocenters. The molecule has 60 heavy (non-hydrogen) atoms. The van der Waals surface area contributed by atoms with Crippen LogP contribution < -0.4 is 9.08 Å². The molecular formula is C49H29F3N2O4S2. The number of hydrogen-bond donors (Lipinski definition) is 0. The van der Waals surface area contributed by atoms with Crippen molar-refractivity contribution in [3.8, 4) is 22.6 Å². The Bertz CT molecular complexity index is 3560. The third-order valence-corrected chi connectivity index (χ3v) is 13.1. The van der Waals surface area contributed by atoms with Crippen molar-refractivity contribution in [2.45, 2.75) is 5.51 Å². The number of furan rings is 1. The van der Waals surface area contributed by atoms with Gasteiger partial charge in [-0.25, -0.2) is 0 Å². The van der Waals surface area contributed by atoms with Crippen LogP contribution in [0.4, 0.5) is 30.2 Å². The summed E-state index contributed by atoms with van der Waals surface area (Å²) in [5.74, 6) is -0.515. The van der Waals surface area contributed by atoms with Crippen LogP contribution in [0.2, 0.25) is 0 Å². The van der Waals surface area contributed by atoms with Gasteiger partial charge in [-0.05, 0) is 66.2 Å². The molecule has 0 aliphatic heterocycles. The van der Waals surface area contributed by atoms with Gasteiger partial charge in [0.25, 0.3) is 0 Å². The fraction of sp³-hybridized carbons (Fsp3) is 0.0204. The summed E-state index contributed by atoms with van der Waals surface area (Å²) in [6.45, 7) is 0. The molecule has 0 radical (unpaired) electrons. The van der Waals surface area contributed by atoms with Gasteiger partial charge in [0.15, 0.2) is 5.58 Å². The molecular weight excluding hydrogens is 802 g/mol. The van der Waals surface area contributed by atoms with Gasteiger partial charge in [0.2, 0.25) is 0 Å². The lowest BCUT2D eigenvalue weighted by molar-refractivity contribution is -0.0500. The lowest BCUT2D eigenvalue weighted by atomic mass is 9.99. The summed E-state index contributed by atoms with van der Waals surface area (Å²) >= 11 is 1.75. The highest BCUT2D eigenvalue weighted by atomic mass is 32.2. The molecule has 0 bridgehead atoms. The summed E-state index contributed by atoms with van der Waals surface area (Å²) in [6, 6.07) is 56.1. The van der Waals surface area contributed by atoms with Gasteiger partial charge in [-0.3, -0.25) is 0 Å². The Labute approximate surface area is 344 Å².